The van der Waals surface area contributed by atoms with Crippen molar-refractivity contribution in [1.82, 2.24) is 19.5 Å². The summed E-state index contributed by atoms with van der Waals surface area (Å²) in [6.07, 6.45) is 7.76. The van der Waals surface area contributed by atoms with Crippen molar-refractivity contribution in [3.05, 3.63) is 75.4 Å². The van der Waals surface area contributed by atoms with Gasteiger partial charge in [0.2, 0.25) is 5.95 Å². The Balaban J connectivity index is 1.36. The molecule has 0 saturated carbocycles. The summed E-state index contributed by atoms with van der Waals surface area (Å²) in [6, 6.07) is 11.1. The maximum Gasteiger partial charge on any atom is 0.255 e. The third kappa shape index (κ3) is 4.41. The average Bonchev–Trinajstić information content (AvgIpc) is 2.83. The van der Waals surface area contributed by atoms with E-state index in [1.54, 1.807) is 25.5 Å². The Bertz CT molecular complexity index is 1370. The Morgan fingerprint density at radius 2 is 1.79 bits per heavy atom. The summed E-state index contributed by atoms with van der Waals surface area (Å²) in [5.74, 6) is 0.532. The van der Waals surface area contributed by atoms with Crippen molar-refractivity contribution >= 4 is 34.1 Å². The summed E-state index contributed by atoms with van der Waals surface area (Å²) >= 11 is 6.22. The zero-order valence-corrected chi connectivity index (χ0v) is 19.2. The molecule has 0 radical (unpaired) electrons. The van der Waals surface area contributed by atoms with E-state index in [1.807, 2.05) is 30.3 Å². The van der Waals surface area contributed by atoms with E-state index in [2.05, 4.69) is 20.6 Å². The zero-order valence-electron chi connectivity index (χ0n) is 18.4. The van der Waals surface area contributed by atoms with Crippen molar-refractivity contribution in [3.8, 4) is 11.3 Å². The largest absolute Gasteiger partial charge is 0.382 e. The molecule has 5 rings (SSSR count). The number of halogens is 1. The Morgan fingerprint density at radius 3 is 2.64 bits per heavy atom. The van der Waals surface area contributed by atoms with Crippen LogP contribution in [0.25, 0.3) is 22.2 Å². The number of benzene rings is 1. The zero-order chi connectivity index (χ0) is 22.8. The van der Waals surface area contributed by atoms with Gasteiger partial charge in [-0.2, -0.15) is 0 Å². The molecule has 0 aliphatic heterocycles. The molecular weight excluding hydrogens is 436 g/mol. The van der Waals surface area contributed by atoms with Crippen molar-refractivity contribution < 1.29 is 0 Å². The molecule has 1 aliphatic carbocycles. The molecule has 3 aromatic heterocycles. The number of rotatable bonds is 6. The first kappa shape index (κ1) is 21.4. The Labute approximate surface area is 196 Å². The number of nitrogens with one attached hydrogen (secondary N) is 2. The van der Waals surface area contributed by atoms with E-state index in [0.717, 1.165) is 35.0 Å². The van der Waals surface area contributed by atoms with Crippen LogP contribution < -0.4 is 16.2 Å². The van der Waals surface area contributed by atoms with E-state index in [1.165, 1.54) is 28.7 Å². The van der Waals surface area contributed by atoms with Crippen LogP contribution in [0.1, 0.15) is 24.1 Å². The van der Waals surface area contributed by atoms with E-state index in [-0.39, 0.29) is 5.56 Å². The van der Waals surface area contributed by atoms with Gasteiger partial charge in [-0.1, -0.05) is 11.6 Å². The van der Waals surface area contributed by atoms with Crippen LogP contribution in [0.5, 0.6) is 0 Å². The second kappa shape index (κ2) is 9.19. The number of hydrogen-bond acceptors (Lipinski definition) is 6. The van der Waals surface area contributed by atoms with Gasteiger partial charge in [-0.3, -0.25) is 19.3 Å². The van der Waals surface area contributed by atoms with E-state index in [9.17, 15) is 4.79 Å². The first-order chi connectivity index (χ1) is 16.1. The van der Waals surface area contributed by atoms with E-state index >= 15 is 0 Å². The lowest BCUT2D eigenvalue weighted by Crippen LogP contribution is -2.24. The van der Waals surface area contributed by atoms with E-state index in [0.29, 0.717) is 29.8 Å². The molecule has 0 unspecified atom stereocenters. The summed E-state index contributed by atoms with van der Waals surface area (Å²) in [5, 5.41) is 8.71. The minimum atomic E-state index is -0.113. The molecule has 0 spiro atoms. The highest BCUT2D eigenvalue weighted by molar-refractivity contribution is 6.31. The molecule has 0 atom stereocenters. The topological polar surface area (TPSA) is 84.7 Å². The normalized spacial score (nSPS) is 13.0. The Morgan fingerprint density at radius 1 is 1.00 bits per heavy atom. The van der Waals surface area contributed by atoms with Gasteiger partial charge in [-0.15, -0.1) is 0 Å². The van der Waals surface area contributed by atoms with Gasteiger partial charge in [0.05, 0.1) is 11.2 Å². The summed E-state index contributed by atoms with van der Waals surface area (Å²) in [4.78, 5) is 26.0. The van der Waals surface area contributed by atoms with Crippen molar-refractivity contribution in [1.29, 1.82) is 0 Å². The lowest BCUT2D eigenvalue weighted by Gasteiger charge is -2.22. The van der Waals surface area contributed by atoms with Crippen LogP contribution in [-0.2, 0) is 19.9 Å². The van der Waals surface area contributed by atoms with Crippen LogP contribution in [0.3, 0.4) is 0 Å². The van der Waals surface area contributed by atoms with Crippen molar-refractivity contribution in [2.75, 3.05) is 23.7 Å². The number of anilines is 2. The summed E-state index contributed by atoms with van der Waals surface area (Å²) < 4.78 is 1.52. The van der Waals surface area contributed by atoms with Crippen LogP contribution in [0, 0.1) is 0 Å². The molecule has 0 fully saturated rings. The van der Waals surface area contributed by atoms with Crippen LogP contribution in [-0.4, -0.2) is 32.6 Å². The standard InChI is InChI=1S/C25H25ClN6O/c1-32-23(33)15-21(16-8-10-27-11-9-16)31-25(32)29-13-12-28-24-18-4-2-3-5-20(18)30-22-14-17(26)6-7-19(22)24/h6-11,14-15H,2-5,12-13H2,1H3,(H,28,30)(H,29,31). The minimum Gasteiger partial charge on any atom is -0.382 e. The van der Waals surface area contributed by atoms with Gasteiger partial charge in [-0.05, 0) is 61.6 Å². The molecule has 168 valence electrons. The van der Waals surface area contributed by atoms with Gasteiger partial charge in [-0.25, -0.2) is 4.98 Å². The molecule has 2 N–H and O–H groups in total. The number of aryl methyl sites for hydroxylation is 1. The molecule has 8 heteroatoms. The van der Waals surface area contributed by atoms with Gasteiger partial charge in [0, 0.05) is 66.0 Å². The first-order valence-electron chi connectivity index (χ1n) is 11.2. The number of fused-ring (bicyclic) bond motifs is 2. The summed E-state index contributed by atoms with van der Waals surface area (Å²) in [6.45, 7) is 1.27. The second-order valence-corrected chi connectivity index (χ2v) is 8.67. The molecule has 0 bridgehead atoms. The second-order valence-electron chi connectivity index (χ2n) is 8.23. The Kier molecular flexibility index (Phi) is 5.96. The van der Waals surface area contributed by atoms with Gasteiger partial charge in [0.25, 0.3) is 5.56 Å². The molecule has 0 amide bonds. The van der Waals surface area contributed by atoms with Gasteiger partial charge >= 0.3 is 0 Å². The van der Waals surface area contributed by atoms with Crippen LogP contribution >= 0.6 is 11.6 Å². The number of hydrogen-bond donors (Lipinski definition) is 2. The number of aromatic nitrogens is 4. The predicted octanol–water partition coefficient (Wildman–Crippen LogP) is 4.45. The molecule has 33 heavy (non-hydrogen) atoms. The fourth-order valence-electron chi connectivity index (χ4n) is 4.33. The van der Waals surface area contributed by atoms with Crippen LogP contribution in [0.2, 0.25) is 5.02 Å². The number of pyridine rings is 2. The lowest BCUT2D eigenvalue weighted by molar-refractivity contribution is 0.672. The molecule has 0 saturated heterocycles. The lowest BCUT2D eigenvalue weighted by atomic mass is 9.92. The summed E-state index contributed by atoms with van der Waals surface area (Å²) in [5.41, 5.74) is 5.91. The van der Waals surface area contributed by atoms with Crippen molar-refractivity contribution in [3.63, 3.8) is 0 Å². The average molecular weight is 461 g/mol. The van der Waals surface area contributed by atoms with E-state index < -0.39 is 0 Å². The highest BCUT2D eigenvalue weighted by atomic mass is 35.5. The van der Waals surface area contributed by atoms with Gasteiger partial charge < -0.3 is 10.6 Å². The maximum absolute atomic E-state index is 12.5. The Hall–Kier alpha value is -3.45. The highest BCUT2D eigenvalue weighted by Crippen LogP contribution is 2.34. The molecule has 1 aromatic carbocycles. The molecule has 3 heterocycles. The van der Waals surface area contributed by atoms with Crippen molar-refractivity contribution in [2.24, 2.45) is 7.05 Å². The van der Waals surface area contributed by atoms with Crippen molar-refractivity contribution in [2.45, 2.75) is 25.7 Å². The monoisotopic (exact) mass is 460 g/mol. The number of nitrogens with zero attached hydrogens (tertiary/aromatic N) is 4. The third-order valence-electron chi connectivity index (χ3n) is 6.05. The quantitative estimate of drug-likeness (QED) is 0.413. The molecule has 1 aliphatic rings. The van der Waals surface area contributed by atoms with Crippen LogP contribution in [0.15, 0.2) is 53.6 Å². The van der Waals surface area contributed by atoms with Gasteiger partial charge in [0.15, 0.2) is 0 Å². The third-order valence-corrected chi connectivity index (χ3v) is 6.28. The fourth-order valence-corrected chi connectivity index (χ4v) is 4.50. The summed E-state index contributed by atoms with van der Waals surface area (Å²) in [7, 11) is 1.72. The maximum atomic E-state index is 12.5. The van der Waals surface area contributed by atoms with Crippen LogP contribution in [0.4, 0.5) is 11.6 Å². The fraction of sp³-hybridized carbons (Fsp3) is 0.280. The molecular formula is C25H25ClN6O. The van der Waals surface area contributed by atoms with Gasteiger partial charge in [0.1, 0.15) is 0 Å². The SMILES string of the molecule is Cn1c(NCCNc2c3c(nc4cc(Cl)ccc24)CCCC3)nc(-c2ccncc2)cc1=O. The predicted molar refractivity (Wildman–Crippen MR) is 133 cm³/mol. The first-order valence-corrected chi connectivity index (χ1v) is 11.5. The molecule has 4 aromatic rings. The van der Waals surface area contributed by atoms with E-state index in [4.69, 9.17) is 16.6 Å². The highest BCUT2D eigenvalue weighted by Gasteiger charge is 2.18. The minimum absolute atomic E-state index is 0.113. The molecule has 7 nitrogen and oxygen atoms in total. The smallest absolute Gasteiger partial charge is 0.255 e.